The van der Waals surface area contributed by atoms with Gasteiger partial charge in [0.25, 0.3) is 5.91 Å². The average molecular weight is 343 g/mol. The van der Waals surface area contributed by atoms with Gasteiger partial charge in [0.05, 0.1) is 12.1 Å². The van der Waals surface area contributed by atoms with E-state index in [1.54, 1.807) is 24.3 Å². The Morgan fingerprint density at radius 1 is 1.32 bits per heavy atom. The molecule has 0 saturated carbocycles. The minimum Gasteiger partial charge on any atom is -0.274 e. The molecule has 0 unspecified atom stereocenters. The third-order valence-electron chi connectivity index (χ3n) is 3.26. The van der Waals surface area contributed by atoms with Gasteiger partial charge in [0.2, 0.25) is 5.91 Å². The van der Waals surface area contributed by atoms with Gasteiger partial charge in [-0.15, -0.1) is 0 Å². The van der Waals surface area contributed by atoms with Crippen molar-refractivity contribution in [1.29, 1.82) is 0 Å². The van der Waals surface area contributed by atoms with E-state index in [9.17, 15) is 9.59 Å². The Bertz CT molecular complexity index is 589. The predicted octanol–water partition coefficient (Wildman–Crippen LogP) is 2.87. The highest BCUT2D eigenvalue weighted by Gasteiger charge is 2.55. The molecule has 98 valence electrons. The van der Waals surface area contributed by atoms with Gasteiger partial charge in [-0.25, -0.2) is 4.90 Å². The van der Waals surface area contributed by atoms with E-state index in [0.29, 0.717) is 5.69 Å². The van der Waals surface area contributed by atoms with Crippen LogP contribution in [-0.4, -0.2) is 22.9 Å². The van der Waals surface area contributed by atoms with Crippen LogP contribution in [0, 0.1) is 0 Å². The molecule has 19 heavy (non-hydrogen) atoms. The van der Waals surface area contributed by atoms with Gasteiger partial charge < -0.3 is 0 Å². The van der Waals surface area contributed by atoms with Crippen molar-refractivity contribution < 1.29 is 9.59 Å². The molecule has 1 spiro atoms. The Morgan fingerprint density at radius 2 is 2.00 bits per heavy atom. The molecule has 2 aliphatic heterocycles. The SMILES string of the molecule is O=C1C[C@@]2(C[C@@H](Cl)N=N2)C(=O)N1c1ccc(Br)cc1. The third-order valence-corrected chi connectivity index (χ3v) is 4.03. The number of carbonyl (C=O) groups excluding carboxylic acids is 2. The molecule has 2 aliphatic rings. The van der Waals surface area contributed by atoms with Crippen LogP contribution in [0.15, 0.2) is 39.0 Å². The zero-order valence-corrected chi connectivity index (χ0v) is 12.1. The summed E-state index contributed by atoms with van der Waals surface area (Å²) in [5.74, 6) is -0.608. The van der Waals surface area contributed by atoms with E-state index in [4.69, 9.17) is 11.6 Å². The third kappa shape index (κ3) is 1.99. The Hall–Kier alpha value is -1.27. The lowest BCUT2D eigenvalue weighted by atomic mass is 9.95. The summed E-state index contributed by atoms with van der Waals surface area (Å²) >= 11 is 9.17. The van der Waals surface area contributed by atoms with Gasteiger partial charge >= 0.3 is 0 Å². The highest BCUT2D eigenvalue weighted by atomic mass is 79.9. The van der Waals surface area contributed by atoms with E-state index in [0.717, 1.165) is 4.47 Å². The summed E-state index contributed by atoms with van der Waals surface area (Å²) in [6, 6.07) is 6.98. The number of hydrogen-bond donors (Lipinski definition) is 0. The van der Waals surface area contributed by atoms with Crippen molar-refractivity contribution >= 4 is 45.0 Å². The van der Waals surface area contributed by atoms with Crippen molar-refractivity contribution in [3.63, 3.8) is 0 Å². The fourth-order valence-electron chi connectivity index (χ4n) is 2.35. The minimum absolute atomic E-state index is 0.0363. The molecular formula is C12H9BrClN3O2. The molecule has 2 atom stereocenters. The Morgan fingerprint density at radius 3 is 2.58 bits per heavy atom. The molecule has 1 aromatic rings. The molecule has 0 aliphatic carbocycles. The number of alkyl halides is 1. The van der Waals surface area contributed by atoms with Crippen LogP contribution in [-0.2, 0) is 9.59 Å². The van der Waals surface area contributed by atoms with Crippen LogP contribution in [0.3, 0.4) is 0 Å². The first-order valence-electron chi connectivity index (χ1n) is 5.71. The maximum atomic E-state index is 12.5. The van der Waals surface area contributed by atoms with E-state index >= 15 is 0 Å². The summed E-state index contributed by atoms with van der Waals surface area (Å²) in [5.41, 5.74) is -1.07. The molecule has 0 bridgehead atoms. The maximum absolute atomic E-state index is 12.5. The number of azo groups is 1. The summed E-state index contributed by atoms with van der Waals surface area (Å²) in [7, 11) is 0. The summed E-state index contributed by atoms with van der Waals surface area (Å²) in [5, 5.41) is 7.73. The number of halogens is 2. The van der Waals surface area contributed by atoms with Crippen molar-refractivity contribution in [1.82, 2.24) is 0 Å². The second-order valence-corrected chi connectivity index (χ2v) is 5.99. The van der Waals surface area contributed by atoms with Gasteiger partial charge in [-0.3, -0.25) is 9.59 Å². The quantitative estimate of drug-likeness (QED) is 0.447. The van der Waals surface area contributed by atoms with E-state index in [2.05, 4.69) is 26.2 Å². The highest BCUT2D eigenvalue weighted by molar-refractivity contribution is 9.10. The molecule has 1 saturated heterocycles. The lowest BCUT2D eigenvalue weighted by molar-refractivity contribution is -0.122. The standard InChI is InChI=1S/C12H9BrClN3O2/c13-7-1-3-8(4-2-7)17-10(18)6-12(11(17)19)5-9(14)15-16-12/h1-4,9H,5-6H2/t9-,12-/m0/s1. The first-order chi connectivity index (χ1) is 9.02. The van der Waals surface area contributed by atoms with Crippen molar-refractivity contribution in [2.24, 2.45) is 10.2 Å². The van der Waals surface area contributed by atoms with Gasteiger partial charge in [0, 0.05) is 10.9 Å². The van der Waals surface area contributed by atoms with Crippen molar-refractivity contribution in [2.45, 2.75) is 23.9 Å². The lowest BCUT2D eigenvalue weighted by Gasteiger charge is -2.17. The van der Waals surface area contributed by atoms with E-state index in [1.165, 1.54) is 4.90 Å². The monoisotopic (exact) mass is 341 g/mol. The zero-order chi connectivity index (χ0) is 13.6. The molecule has 0 aromatic heterocycles. The molecule has 1 fully saturated rings. The molecular weight excluding hydrogens is 334 g/mol. The number of nitrogens with zero attached hydrogens (tertiary/aromatic N) is 3. The maximum Gasteiger partial charge on any atom is 0.264 e. The number of carbonyl (C=O) groups is 2. The number of hydrogen-bond acceptors (Lipinski definition) is 4. The van der Waals surface area contributed by atoms with Crippen LogP contribution in [0.5, 0.6) is 0 Å². The Labute approximate surface area is 122 Å². The molecule has 7 heteroatoms. The van der Waals surface area contributed by atoms with E-state index in [1.807, 2.05) is 0 Å². The van der Waals surface area contributed by atoms with Crippen LogP contribution in [0.1, 0.15) is 12.8 Å². The largest absolute Gasteiger partial charge is 0.274 e. The normalized spacial score (nSPS) is 29.8. The van der Waals surface area contributed by atoms with E-state index < -0.39 is 11.0 Å². The van der Waals surface area contributed by atoms with Crippen molar-refractivity contribution in [3.05, 3.63) is 28.7 Å². The molecule has 1 aromatic carbocycles. The number of anilines is 1. The average Bonchev–Trinajstić information content (AvgIpc) is 2.84. The first kappa shape index (κ1) is 12.7. The first-order valence-corrected chi connectivity index (χ1v) is 6.94. The zero-order valence-electron chi connectivity index (χ0n) is 9.72. The van der Waals surface area contributed by atoms with Crippen molar-refractivity contribution in [2.75, 3.05) is 4.90 Å². The molecule has 3 rings (SSSR count). The second-order valence-electron chi connectivity index (χ2n) is 4.57. The number of imide groups is 1. The predicted molar refractivity (Wildman–Crippen MR) is 73.1 cm³/mol. The summed E-state index contributed by atoms with van der Waals surface area (Å²) in [6.07, 6.45) is 0.320. The van der Waals surface area contributed by atoms with Gasteiger partial charge in [0.1, 0.15) is 5.50 Å². The topological polar surface area (TPSA) is 62.1 Å². The summed E-state index contributed by atoms with van der Waals surface area (Å²) in [4.78, 5) is 25.7. The molecule has 0 radical (unpaired) electrons. The van der Waals surface area contributed by atoms with Crippen LogP contribution in [0.2, 0.25) is 0 Å². The van der Waals surface area contributed by atoms with Crippen LogP contribution in [0.4, 0.5) is 5.69 Å². The summed E-state index contributed by atoms with van der Waals surface area (Å²) in [6.45, 7) is 0. The summed E-state index contributed by atoms with van der Waals surface area (Å²) < 4.78 is 0.881. The second kappa shape index (κ2) is 4.38. The fraction of sp³-hybridized carbons (Fsp3) is 0.333. The molecule has 2 heterocycles. The molecule has 0 N–H and O–H groups in total. The number of rotatable bonds is 1. The number of amides is 2. The van der Waals surface area contributed by atoms with E-state index in [-0.39, 0.29) is 24.7 Å². The number of benzene rings is 1. The molecule has 5 nitrogen and oxygen atoms in total. The molecule has 2 amide bonds. The smallest absolute Gasteiger partial charge is 0.264 e. The Kier molecular flexibility index (Phi) is 2.94. The van der Waals surface area contributed by atoms with Crippen LogP contribution < -0.4 is 4.90 Å². The van der Waals surface area contributed by atoms with Crippen molar-refractivity contribution in [3.8, 4) is 0 Å². The Balaban J connectivity index is 1.96. The van der Waals surface area contributed by atoms with Gasteiger partial charge in [0.15, 0.2) is 5.54 Å². The van der Waals surface area contributed by atoms with Crippen LogP contribution >= 0.6 is 27.5 Å². The highest BCUT2D eigenvalue weighted by Crippen LogP contribution is 2.40. The van der Waals surface area contributed by atoms with Gasteiger partial charge in [-0.1, -0.05) is 27.5 Å². The minimum atomic E-state index is -1.09. The van der Waals surface area contributed by atoms with Gasteiger partial charge in [-0.2, -0.15) is 10.2 Å². The van der Waals surface area contributed by atoms with Gasteiger partial charge in [-0.05, 0) is 24.3 Å². The van der Waals surface area contributed by atoms with Crippen LogP contribution in [0.25, 0.3) is 0 Å². The lowest BCUT2D eigenvalue weighted by Crippen LogP contribution is -2.38. The fourth-order valence-corrected chi connectivity index (χ4v) is 2.91.